The number of rotatable bonds is 4. The second-order valence-electron chi connectivity index (χ2n) is 4.64. The molecular weight excluding hydrogens is 228 g/mol. The van der Waals surface area contributed by atoms with Crippen molar-refractivity contribution in [1.29, 1.82) is 0 Å². The van der Waals surface area contributed by atoms with E-state index in [2.05, 4.69) is 21.8 Å². The fourth-order valence-electron chi connectivity index (χ4n) is 1.80. The molecule has 0 aliphatic heterocycles. The summed E-state index contributed by atoms with van der Waals surface area (Å²) in [6.07, 6.45) is 4.53. The molecule has 4 N–H and O–H groups in total. The third-order valence-corrected chi connectivity index (χ3v) is 4.60. The van der Waals surface area contributed by atoms with Crippen LogP contribution < -0.4 is 10.5 Å². The van der Waals surface area contributed by atoms with Crippen molar-refractivity contribution in [3.63, 3.8) is 0 Å². The van der Waals surface area contributed by atoms with Crippen molar-refractivity contribution in [3.8, 4) is 0 Å². The van der Waals surface area contributed by atoms with Crippen molar-refractivity contribution in [1.82, 2.24) is 14.9 Å². The molecule has 0 aromatic carbocycles. The molecule has 0 saturated heterocycles. The van der Waals surface area contributed by atoms with Gasteiger partial charge in [-0.1, -0.05) is 13.3 Å². The average Bonchev–Trinajstić information content (AvgIpc) is 2.59. The van der Waals surface area contributed by atoms with Crippen LogP contribution in [0.15, 0.2) is 11.1 Å². The zero-order valence-corrected chi connectivity index (χ0v) is 9.97. The summed E-state index contributed by atoms with van der Waals surface area (Å²) in [5.41, 5.74) is 5.58. The van der Waals surface area contributed by atoms with Crippen molar-refractivity contribution < 1.29 is 8.42 Å². The number of hydrogen-bond acceptors (Lipinski definition) is 4. The van der Waals surface area contributed by atoms with Gasteiger partial charge in [0, 0.05) is 6.54 Å². The van der Waals surface area contributed by atoms with Gasteiger partial charge in [0.2, 0.25) is 10.0 Å². The van der Waals surface area contributed by atoms with Crippen molar-refractivity contribution in [2.24, 2.45) is 5.41 Å². The first-order chi connectivity index (χ1) is 7.43. The highest BCUT2D eigenvalue weighted by Crippen LogP contribution is 2.39. The molecule has 7 heteroatoms. The van der Waals surface area contributed by atoms with Gasteiger partial charge in [-0.2, -0.15) is 5.10 Å². The second-order valence-corrected chi connectivity index (χ2v) is 6.37. The summed E-state index contributed by atoms with van der Waals surface area (Å²) in [5, 5.41) is 6.01. The van der Waals surface area contributed by atoms with Crippen LogP contribution in [0.4, 0.5) is 5.82 Å². The Morgan fingerprint density at radius 2 is 2.31 bits per heavy atom. The number of nitrogens with zero attached hydrogens (tertiary/aromatic N) is 1. The molecule has 0 unspecified atom stereocenters. The smallest absolute Gasteiger partial charge is 0.245 e. The van der Waals surface area contributed by atoms with Gasteiger partial charge >= 0.3 is 0 Å². The van der Waals surface area contributed by atoms with Crippen LogP contribution in [0.25, 0.3) is 0 Å². The van der Waals surface area contributed by atoms with E-state index in [0.717, 1.165) is 12.8 Å². The molecule has 2 rings (SSSR count). The molecule has 1 fully saturated rings. The number of nitrogens with two attached hydrogens (primary N) is 1. The maximum atomic E-state index is 11.8. The Bertz CT molecular complexity index is 475. The Labute approximate surface area is 94.7 Å². The lowest BCUT2D eigenvalue weighted by atomic mass is 9.71. The Balaban J connectivity index is 2.06. The van der Waals surface area contributed by atoms with Crippen LogP contribution >= 0.6 is 0 Å². The molecule has 0 bridgehead atoms. The summed E-state index contributed by atoms with van der Waals surface area (Å²) in [4.78, 5) is 0.0235. The highest BCUT2D eigenvalue weighted by atomic mass is 32.2. The van der Waals surface area contributed by atoms with Gasteiger partial charge in [0.15, 0.2) is 0 Å². The summed E-state index contributed by atoms with van der Waals surface area (Å²) in [7, 11) is -3.53. The van der Waals surface area contributed by atoms with E-state index in [9.17, 15) is 8.42 Å². The summed E-state index contributed by atoms with van der Waals surface area (Å²) in [6, 6.07) is 0. The van der Waals surface area contributed by atoms with E-state index in [4.69, 9.17) is 5.73 Å². The molecule has 16 heavy (non-hydrogen) atoms. The first-order valence-electron chi connectivity index (χ1n) is 5.21. The summed E-state index contributed by atoms with van der Waals surface area (Å²) >= 11 is 0. The zero-order valence-electron chi connectivity index (χ0n) is 9.16. The minimum absolute atomic E-state index is 0.0235. The van der Waals surface area contributed by atoms with Gasteiger partial charge in [0.05, 0.1) is 6.20 Å². The van der Waals surface area contributed by atoms with Crippen LogP contribution in [0.3, 0.4) is 0 Å². The van der Waals surface area contributed by atoms with Gasteiger partial charge in [-0.05, 0) is 18.3 Å². The Hall–Kier alpha value is -1.08. The van der Waals surface area contributed by atoms with E-state index < -0.39 is 10.0 Å². The standard InChI is InChI=1S/C9H16N4O2S/c1-9(3-2-4-9)6-12-16(14,15)7-5-11-13-8(7)10/h5,12H,2-4,6H2,1H3,(H3,10,11,13). The predicted octanol–water partition coefficient (Wildman–Crippen LogP) is 0.460. The molecule has 0 radical (unpaired) electrons. The molecule has 0 amide bonds. The summed E-state index contributed by atoms with van der Waals surface area (Å²) < 4.78 is 26.3. The number of aromatic amines is 1. The van der Waals surface area contributed by atoms with Crippen LogP contribution in [-0.2, 0) is 10.0 Å². The number of hydrogen-bond donors (Lipinski definition) is 3. The second kappa shape index (κ2) is 3.74. The largest absolute Gasteiger partial charge is 0.383 e. The summed E-state index contributed by atoms with van der Waals surface area (Å²) in [6.45, 7) is 2.54. The minimum atomic E-state index is -3.53. The third kappa shape index (κ3) is 2.05. The van der Waals surface area contributed by atoms with E-state index >= 15 is 0 Å². The molecule has 1 heterocycles. The fourth-order valence-corrected chi connectivity index (χ4v) is 3.02. The molecule has 6 nitrogen and oxygen atoms in total. The van der Waals surface area contributed by atoms with Crippen LogP contribution in [0.2, 0.25) is 0 Å². The molecule has 0 spiro atoms. The predicted molar refractivity (Wildman–Crippen MR) is 60.1 cm³/mol. The molecule has 1 aromatic rings. The first-order valence-corrected chi connectivity index (χ1v) is 6.70. The van der Waals surface area contributed by atoms with E-state index in [1.54, 1.807) is 0 Å². The van der Waals surface area contributed by atoms with E-state index in [0.29, 0.717) is 6.54 Å². The van der Waals surface area contributed by atoms with Gasteiger partial charge in [-0.25, -0.2) is 13.1 Å². The Kier molecular flexibility index (Phi) is 2.67. The van der Waals surface area contributed by atoms with Crippen LogP contribution in [0.5, 0.6) is 0 Å². The lowest BCUT2D eigenvalue weighted by Gasteiger charge is -2.38. The van der Waals surface area contributed by atoms with Crippen molar-refractivity contribution in [2.75, 3.05) is 12.3 Å². The first kappa shape index (κ1) is 11.4. The third-order valence-electron chi connectivity index (χ3n) is 3.17. The molecule has 0 atom stereocenters. The quantitative estimate of drug-likeness (QED) is 0.716. The minimum Gasteiger partial charge on any atom is -0.383 e. The average molecular weight is 244 g/mol. The van der Waals surface area contributed by atoms with Crippen molar-refractivity contribution in [3.05, 3.63) is 6.20 Å². The number of anilines is 1. The van der Waals surface area contributed by atoms with Crippen LogP contribution in [0, 0.1) is 5.41 Å². The van der Waals surface area contributed by atoms with Gasteiger partial charge in [0.1, 0.15) is 10.7 Å². The normalized spacial score (nSPS) is 19.3. The number of H-pyrrole nitrogens is 1. The number of nitrogens with one attached hydrogen (secondary N) is 2. The maximum absolute atomic E-state index is 11.8. The van der Waals surface area contributed by atoms with Crippen LogP contribution in [0.1, 0.15) is 26.2 Å². The van der Waals surface area contributed by atoms with Gasteiger partial charge in [0.25, 0.3) is 0 Å². The van der Waals surface area contributed by atoms with Crippen molar-refractivity contribution in [2.45, 2.75) is 31.1 Å². The number of aromatic nitrogens is 2. The van der Waals surface area contributed by atoms with Gasteiger partial charge < -0.3 is 5.73 Å². The Morgan fingerprint density at radius 1 is 1.62 bits per heavy atom. The van der Waals surface area contributed by atoms with E-state index in [-0.39, 0.29) is 16.1 Å². The highest BCUT2D eigenvalue weighted by Gasteiger charge is 2.33. The molecule has 1 saturated carbocycles. The molecular formula is C9H16N4O2S. The monoisotopic (exact) mass is 244 g/mol. The lowest BCUT2D eigenvalue weighted by Crippen LogP contribution is -2.39. The zero-order chi connectivity index (χ0) is 11.8. The van der Waals surface area contributed by atoms with E-state index in [1.165, 1.54) is 12.6 Å². The summed E-state index contributed by atoms with van der Waals surface area (Å²) in [5.74, 6) is 0.0752. The molecule has 1 aliphatic carbocycles. The molecule has 1 aromatic heterocycles. The topological polar surface area (TPSA) is 101 Å². The van der Waals surface area contributed by atoms with Gasteiger partial charge in [-0.3, -0.25) is 5.10 Å². The highest BCUT2D eigenvalue weighted by molar-refractivity contribution is 7.89. The maximum Gasteiger partial charge on any atom is 0.245 e. The Morgan fingerprint density at radius 3 is 2.75 bits per heavy atom. The SMILES string of the molecule is CC1(CNS(=O)(=O)c2cn[nH]c2N)CCC1. The van der Waals surface area contributed by atoms with Gasteiger partial charge in [-0.15, -0.1) is 0 Å². The van der Waals surface area contributed by atoms with E-state index in [1.807, 2.05) is 0 Å². The van der Waals surface area contributed by atoms with Crippen molar-refractivity contribution >= 4 is 15.8 Å². The molecule has 1 aliphatic rings. The lowest BCUT2D eigenvalue weighted by molar-refractivity contribution is 0.166. The van der Waals surface area contributed by atoms with Crippen LogP contribution in [-0.4, -0.2) is 25.2 Å². The number of sulfonamides is 1. The molecule has 90 valence electrons. The fraction of sp³-hybridized carbons (Fsp3) is 0.667. The number of nitrogen functional groups attached to an aromatic ring is 1.